The van der Waals surface area contributed by atoms with E-state index in [-0.39, 0.29) is 16.8 Å². The van der Waals surface area contributed by atoms with Crippen molar-refractivity contribution in [2.24, 2.45) is 0 Å². The summed E-state index contributed by atoms with van der Waals surface area (Å²) in [5.41, 5.74) is 0.247. The number of carbonyl (C=O) groups excluding carboxylic acids is 1. The van der Waals surface area contributed by atoms with Crippen LogP contribution in [-0.2, 0) is 4.84 Å². The Balaban J connectivity index is 2.14. The van der Waals surface area contributed by atoms with Gasteiger partial charge in [-0.1, -0.05) is 11.6 Å². The van der Waals surface area contributed by atoms with E-state index in [4.69, 9.17) is 16.4 Å². The highest BCUT2D eigenvalue weighted by Gasteiger charge is 2.21. The van der Waals surface area contributed by atoms with Crippen molar-refractivity contribution < 1.29 is 9.63 Å². The summed E-state index contributed by atoms with van der Waals surface area (Å²) >= 11 is 5.55. The standard InChI is InChI=1S/C8H8ClN3O2/c9-7-3-2-6(10-11-7)8(13)12-4-1-5-14-12/h2-3H,1,4-5H2. The van der Waals surface area contributed by atoms with Crippen molar-refractivity contribution in [1.29, 1.82) is 0 Å². The number of aromatic nitrogens is 2. The van der Waals surface area contributed by atoms with Crippen molar-refractivity contribution in [2.75, 3.05) is 13.2 Å². The largest absolute Gasteiger partial charge is 0.297 e. The zero-order valence-corrected chi connectivity index (χ0v) is 8.07. The van der Waals surface area contributed by atoms with Crippen molar-refractivity contribution in [3.05, 3.63) is 23.0 Å². The van der Waals surface area contributed by atoms with E-state index in [1.165, 1.54) is 17.2 Å². The average Bonchev–Trinajstić information content (AvgIpc) is 2.71. The van der Waals surface area contributed by atoms with Gasteiger partial charge in [0.05, 0.1) is 13.2 Å². The molecular weight excluding hydrogens is 206 g/mol. The van der Waals surface area contributed by atoms with Gasteiger partial charge >= 0.3 is 0 Å². The molecule has 0 radical (unpaired) electrons. The summed E-state index contributed by atoms with van der Waals surface area (Å²) in [6, 6.07) is 3.05. The maximum Gasteiger partial charge on any atom is 0.297 e. The lowest BCUT2D eigenvalue weighted by molar-refractivity contribution is -0.0772. The van der Waals surface area contributed by atoms with Gasteiger partial charge < -0.3 is 0 Å². The molecule has 1 amide bonds. The molecule has 2 heterocycles. The van der Waals surface area contributed by atoms with Gasteiger partial charge in [0, 0.05) is 0 Å². The maximum atomic E-state index is 11.6. The lowest BCUT2D eigenvalue weighted by atomic mass is 10.3. The quantitative estimate of drug-likeness (QED) is 0.696. The van der Waals surface area contributed by atoms with Crippen LogP contribution in [0, 0.1) is 0 Å². The molecule has 1 aliphatic heterocycles. The van der Waals surface area contributed by atoms with Crippen LogP contribution in [0.3, 0.4) is 0 Å². The summed E-state index contributed by atoms with van der Waals surface area (Å²) in [6.45, 7) is 1.18. The lowest BCUT2D eigenvalue weighted by Crippen LogP contribution is -2.27. The first-order chi connectivity index (χ1) is 6.77. The molecule has 0 unspecified atom stereocenters. The van der Waals surface area contributed by atoms with Crippen LogP contribution in [0.15, 0.2) is 12.1 Å². The molecule has 14 heavy (non-hydrogen) atoms. The van der Waals surface area contributed by atoms with Gasteiger partial charge in [-0.15, -0.1) is 10.2 Å². The predicted octanol–water partition coefficient (Wildman–Crippen LogP) is 0.907. The van der Waals surface area contributed by atoms with E-state index < -0.39 is 0 Å². The Bertz CT molecular complexity index is 335. The summed E-state index contributed by atoms with van der Waals surface area (Å²) in [6.07, 6.45) is 0.854. The van der Waals surface area contributed by atoms with Gasteiger partial charge in [0.15, 0.2) is 10.8 Å². The molecule has 0 saturated carbocycles. The smallest absolute Gasteiger partial charge is 0.271 e. The first kappa shape index (κ1) is 9.36. The molecule has 1 aliphatic rings. The molecule has 5 nitrogen and oxygen atoms in total. The van der Waals surface area contributed by atoms with E-state index in [0.717, 1.165) is 6.42 Å². The third-order valence-electron chi connectivity index (χ3n) is 1.83. The number of amides is 1. The monoisotopic (exact) mass is 213 g/mol. The van der Waals surface area contributed by atoms with E-state index >= 15 is 0 Å². The number of nitrogens with zero attached hydrogens (tertiary/aromatic N) is 3. The maximum absolute atomic E-state index is 11.6. The van der Waals surface area contributed by atoms with E-state index in [0.29, 0.717) is 13.2 Å². The number of halogens is 1. The normalized spacial score (nSPS) is 15.9. The second-order valence-electron chi connectivity index (χ2n) is 2.84. The van der Waals surface area contributed by atoms with Gasteiger partial charge in [-0.05, 0) is 18.6 Å². The highest BCUT2D eigenvalue weighted by Crippen LogP contribution is 2.10. The van der Waals surface area contributed by atoms with E-state index in [2.05, 4.69) is 10.2 Å². The van der Waals surface area contributed by atoms with Gasteiger partial charge in [-0.2, -0.15) is 0 Å². The van der Waals surface area contributed by atoms with Crippen LogP contribution in [0.1, 0.15) is 16.9 Å². The van der Waals surface area contributed by atoms with Gasteiger partial charge in [0.2, 0.25) is 0 Å². The Morgan fingerprint density at radius 3 is 2.93 bits per heavy atom. The summed E-state index contributed by atoms with van der Waals surface area (Å²) in [4.78, 5) is 16.7. The van der Waals surface area contributed by atoms with Crippen LogP contribution in [0.2, 0.25) is 5.15 Å². The molecule has 1 saturated heterocycles. The fraction of sp³-hybridized carbons (Fsp3) is 0.375. The Morgan fingerprint density at radius 2 is 2.36 bits per heavy atom. The zero-order valence-electron chi connectivity index (χ0n) is 7.31. The zero-order chi connectivity index (χ0) is 9.97. The fourth-order valence-electron chi connectivity index (χ4n) is 1.17. The van der Waals surface area contributed by atoms with Crippen LogP contribution in [0.25, 0.3) is 0 Å². The Hall–Kier alpha value is -1.20. The van der Waals surface area contributed by atoms with E-state index in [1.54, 1.807) is 0 Å². The van der Waals surface area contributed by atoms with Crippen LogP contribution < -0.4 is 0 Å². The molecule has 0 atom stereocenters. The van der Waals surface area contributed by atoms with Crippen LogP contribution in [0.4, 0.5) is 0 Å². The van der Waals surface area contributed by atoms with E-state index in [9.17, 15) is 4.79 Å². The van der Waals surface area contributed by atoms with E-state index in [1.807, 2.05) is 0 Å². The Kier molecular flexibility index (Phi) is 2.60. The van der Waals surface area contributed by atoms with Crippen molar-refractivity contribution >= 4 is 17.5 Å². The number of hydroxylamine groups is 2. The molecule has 0 aromatic carbocycles. The van der Waals surface area contributed by atoms with Crippen molar-refractivity contribution in [3.63, 3.8) is 0 Å². The molecule has 1 aromatic rings. The van der Waals surface area contributed by atoms with Gasteiger partial charge in [0.25, 0.3) is 5.91 Å². The fourth-order valence-corrected chi connectivity index (χ4v) is 1.27. The molecule has 0 N–H and O–H groups in total. The number of hydrogen-bond acceptors (Lipinski definition) is 4. The summed E-state index contributed by atoms with van der Waals surface area (Å²) in [5.74, 6) is -0.272. The second-order valence-corrected chi connectivity index (χ2v) is 3.22. The molecule has 0 aliphatic carbocycles. The minimum absolute atomic E-state index is 0.247. The number of carbonyl (C=O) groups is 1. The third-order valence-corrected chi connectivity index (χ3v) is 2.03. The number of rotatable bonds is 1. The Labute approximate surface area is 85.6 Å². The minimum atomic E-state index is -0.272. The SMILES string of the molecule is O=C(c1ccc(Cl)nn1)N1CCCO1. The van der Waals surface area contributed by atoms with Crippen LogP contribution in [0.5, 0.6) is 0 Å². The average molecular weight is 214 g/mol. The van der Waals surface area contributed by atoms with Gasteiger partial charge in [0.1, 0.15) is 0 Å². The summed E-state index contributed by atoms with van der Waals surface area (Å²) in [5, 5.41) is 8.81. The first-order valence-electron chi connectivity index (χ1n) is 4.21. The molecule has 0 bridgehead atoms. The van der Waals surface area contributed by atoms with Crippen LogP contribution >= 0.6 is 11.6 Å². The second kappa shape index (κ2) is 3.89. The molecule has 1 aromatic heterocycles. The lowest BCUT2D eigenvalue weighted by Gasteiger charge is -2.12. The highest BCUT2D eigenvalue weighted by molar-refractivity contribution is 6.29. The van der Waals surface area contributed by atoms with Gasteiger partial charge in [-0.3, -0.25) is 9.63 Å². The van der Waals surface area contributed by atoms with Crippen molar-refractivity contribution in [3.8, 4) is 0 Å². The molecule has 0 spiro atoms. The minimum Gasteiger partial charge on any atom is -0.271 e. The molecule has 2 rings (SSSR count). The predicted molar refractivity (Wildman–Crippen MR) is 48.6 cm³/mol. The van der Waals surface area contributed by atoms with Gasteiger partial charge in [-0.25, -0.2) is 5.06 Å². The van der Waals surface area contributed by atoms with Crippen LogP contribution in [-0.4, -0.2) is 34.3 Å². The molecule has 6 heteroatoms. The molecular formula is C8H8ClN3O2. The molecule has 1 fully saturated rings. The third kappa shape index (κ3) is 1.83. The first-order valence-corrected chi connectivity index (χ1v) is 4.59. The summed E-state index contributed by atoms with van der Waals surface area (Å²) in [7, 11) is 0. The summed E-state index contributed by atoms with van der Waals surface area (Å²) < 4.78 is 0. The molecule has 74 valence electrons. The number of hydrogen-bond donors (Lipinski definition) is 0. The Morgan fingerprint density at radius 1 is 1.50 bits per heavy atom. The van der Waals surface area contributed by atoms with Crippen molar-refractivity contribution in [1.82, 2.24) is 15.3 Å². The topological polar surface area (TPSA) is 55.3 Å². The van der Waals surface area contributed by atoms with Crippen molar-refractivity contribution in [2.45, 2.75) is 6.42 Å². The highest BCUT2D eigenvalue weighted by atomic mass is 35.5.